The van der Waals surface area contributed by atoms with E-state index in [1.54, 1.807) is 19.1 Å². The van der Waals surface area contributed by atoms with E-state index in [1.165, 1.54) is 18.2 Å². The first-order valence-corrected chi connectivity index (χ1v) is 10.7. The molecule has 0 spiro atoms. The van der Waals surface area contributed by atoms with E-state index >= 15 is 0 Å². The minimum absolute atomic E-state index is 0.140. The van der Waals surface area contributed by atoms with E-state index in [2.05, 4.69) is 15.6 Å². The van der Waals surface area contributed by atoms with E-state index in [9.17, 15) is 22.8 Å². The monoisotopic (exact) mass is 459 g/mol. The zero-order chi connectivity index (χ0) is 23.7. The number of H-pyrrole nitrogens is 1. The molecule has 1 aliphatic rings. The Bertz CT molecular complexity index is 1190. The number of halogens is 3. The second kappa shape index (κ2) is 9.27. The van der Waals surface area contributed by atoms with Crippen LogP contribution in [-0.4, -0.2) is 41.1 Å². The number of carbonyl (C=O) groups is 2. The number of benzene rings is 2. The normalized spacial score (nSPS) is 18.6. The number of fused-ring (bicyclic) bond motifs is 1. The van der Waals surface area contributed by atoms with Gasteiger partial charge in [0.2, 0.25) is 11.8 Å². The van der Waals surface area contributed by atoms with E-state index in [4.69, 9.17) is 5.11 Å². The number of amides is 2. The molecule has 9 heteroatoms. The summed E-state index contributed by atoms with van der Waals surface area (Å²) in [6.45, 7) is 1.24. The van der Waals surface area contributed by atoms with Crippen molar-refractivity contribution >= 4 is 22.7 Å². The predicted octanol–water partition coefficient (Wildman–Crippen LogP) is 3.36. The Hall–Kier alpha value is -3.33. The molecule has 1 atom stereocenters. The molecule has 0 aliphatic heterocycles. The van der Waals surface area contributed by atoms with Crippen LogP contribution in [0.25, 0.3) is 22.2 Å². The quantitative estimate of drug-likeness (QED) is 0.437. The van der Waals surface area contributed by atoms with Crippen LogP contribution in [-0.2, 0) is 9.59 Å². The summed E-state index contributed by atoms with van der Waals surface area (Å²) in [5.74, 6) is -3.01. The van der Waals surface area contributed by atoms with Gasteiger partial charge in [-0.05, 0) is 67.1 Å². The van der Waals surface area contributed by atoms with Crippen LogP contribution in [0.3, 0.4) is 0 Å². The molecule has 4 rings (SSSR count). The van der Waals surface area contributed by atoms with Crippen LogP contribution < -0.4 is 10.6 Å². The van der Waals surface area contributed by atoms with E-state index < -0.39 is 29.4 Å². The molecule has 1 saturated carbocycles. The third-order valence-corrected chi connectivity index (χ3v) is 6.02. The van der Waals surface area contributed by atoms with Crippen molar-refractivity contribution in [3.63, 3.8) is 0 Å². The van der Waals surface area contributed by atoms with Crippen LogP contribution in [0.4, 0.5) is 13.2 Å². The molecule has 1 fully saturated rings. The first-order valence-electron chi connectivity index (χ1n) is 10.7. The molecule has 1 heterocycles. The van der Waals surface area contributed by atoms with Crippen molar-refractivity contribution < 1.29 is 27.9 Å². The molecule has 4 N–H and O–H groups in total. The fraction of sp³-hybridized carbons (Fsp3) is 0.333. The topological polar surface area (TPSA) is 94.2 Å². The van der Waals surface area contributed by atoms with Gasteiger partial charge in [0.1, 0.15) is 17.5 Å². The number of aliphatic hydroxyl groups is 1. The van der Waals surface area contributed by atoms with Crippen molar-refractivity contribution in [3.05, 3.63) is 59.4 Å². The lowest BCUT2D eigenvalue weighted by atomic mass is 9.70. The first kappa shape index (κ1) is 22.8. The first-order chi connectivity index (χ1) is 15.8. The summed E-state index contributed by atoms with van der Waals surface area (Å²) < 4.78 is 41.9. The summed E-state index contributed by atoms with van der Waals surface area (Å²) in [5, 5.41) is 14.5. The minimum atomic E-state index is -0.726. The lowest BCUT2D eigenvalue weighted by Gasteiger charge is -2.35. The van der Waals surface area contributed by atoms with Gasteiger partial charge in [0.25, 0.3) is 0 Å². The molecule has 174 valence electrons. The average Bonchev–Trinajstić information content (AvgIpc) is 3.11. The number of hydrogen-bond acceptors (Lipinski definition) is 3. The van der Waals surface area contributed by atoms with E-state index in [1.807, 2.05) is 0 Å². The molecule has 1 aromatic heterocycles. The molecule has 2 amide bonds. The number of aromatic amines is 1. The number of nitrogens with one attached hydrogen (secondary N) is 3. The maximum Gasteiger partial charge on any atom is 0.239 e. The van der Waals surface area contributed by atoms with E-state index in [0.29, 0.717) is 35.0 Å². The van der Waals surface area contributed by atoms with Gasteiger partial charge in [-0.15, -0.1) is 0 Å². The van der Waals surface area contributed by atoms with Crippen molar-refractivity contribution in [2.45, 2.75) is 31.7 Å². The number of aliphatic hydroxyl groups excluding tert-OH is 1. The predicted molar refractivity (Wildman–Crippen MR) is 117 cm³/mol. The molecule has 1 aliphatic carbocycles. The molecule has 0 bridgehead atoms. The van der Waals surface area contributed by atoms with Gasteiger partial charge in [-0.25, -0.2) is 13.2 Å². The van der Waals surface area contributed by atoms with Crippen LogP contribution >= 0.6 is 0 Å². The smallest absolute Gasteiger partial charge is 0.239 e. The highest BCUT2D eigenvalue weighted by Gasteiger charge is 2.38. The van der Waals surface area contributed by atoms with Gasteiger partial charge >= 0.3 is 0 Å². The lowest BCUT2D eigenvalue weighted by molar-refractivity contribution is -0.131. The van der Waals surface area contributed by atoms with Crippen LogP contribution in [0, 0.1) is 23.4 Å². The summed E-state index contributed by atoms with van der Waals surface area (Å²) in [4.78, 5) is 27.3. The van der Waals surface area contributed by atoms with Gasteiger partial charge in [0.15, 0.2) is 0 Å². The molecule has 0 saturated heterocycles. The highest BCUT2D eigenvalue weighted by molar-refractivity contribution is 5.93. The second-order valence-corrected chi connectivity index (χ2v) is 8.46. The Labute approximate surface area is 188 Å². The van der Waals surface area contributed by atoms with Gasteiger partial charge in [0, 0.05) is 23.4 Å². The molecule has 2 aromatic carbocycles. The number of carbonyl (C=O) groups excluding carboxylic acids is 2. The van der Waals surface area contributed by atoms with E-state index in [0.717, 1.165) is 6.07 Å². The van der Waals surface area contributed by atoms with Crippen LogP contribution in [0.5, 0.6) is 0 Å². The Kier molecular flexibility index (Phi) is 6.42. The van der Waals surface area contributed by atoms with Crippen molar-refractivity contribution in [2.24, 2.45) is 5.92 Å². The highest BCUT2D eigenvalue weighted by Crippen LogP contribution is 2.48. The third-order valence-electron chi connectivity index (χ3n) is 6.02. The van der Waals surface area contributed by atoms with Gasteiger partial charge < -0.3 is 20.7 Å². The summed E-state index contributed by atoms with van der Waals surface area (Å²) in [5.41, 5.74) is 2.04. The van der Waals surface area contributed by atoms with Crippen LogP contribution in [0.1, 0.15) is 31.2 Å². The molecule has 6 nitrogen and oxygen atoms in total. The molecule has 3 aromatic rings. The van der Waals surface area contributed by atoms with E-state index in [-0.39, 0.29) is 36.4 Å². The minimum Gasteiger partial charge on any atom is -0.394 e. The Morgan fingerprint density at radius 1 is 1.12 bits per heavy atom. The number of rotatable bonds is 7. The number of hydrogen-bond donors (Lipinski definition) is 4. The molecular formula is C24H24F3N3O3. The van der Waals surface area contributed by atoms with Crippen molar-refractivity contribution in [2.75, 3.05) is 13.2 Å². The van der Waals surface area contributed by atoms with Crippen LogP contribution in [0.15, 0.2) is 36.4 Å². The Balaban J connectivity index is 1.53. The fourth-order valence-electron chi connectivity index (χ4n) is 4.26. The van der Waals surface area contributed by atoms with Crippen LogP contribution in [0.2, 0.25) is 0 Å². The molecular weight excluding hydrogens is 435 g/mol. The van der Waals surface area contributed by atoms with Gasteiger partial charge in [0.05, 0.1) is 24.4 Å². The lowest BCUT2D eigenvalue weighted by Crippen LogP contribution is -2.45. The maximum absolute atomic E-state index is 14.5. The fourth-order valence-corrected chi connectivity index (χ4v) is 4.26. The summed E-state index contributed by atoms with van der Waals surface area (Å²) in [6, 6.07) is 7.37. The zero-order valence-electron chi connectivity index (χ0n) is 17.9. The van der Waals surface area contributed by atoms with Gasteiger partial charge in [-0.3, -0.25) is 9.59 Å². The molecule has 33 heavy (non-hydrogen) atoms. The maximum atomic E-state index is 14.5. The van der Waals surface area contributed by atoms with Gasteiger partial charge in [-0.2, -0.15) is 0 Å². The van der Waals surface area contributed by atoms with Gasteiger partial charge in [-0.1, -0.05) is 0 Å². The Morgan fingerprint density at radius 3 is 2.48 bits per heavy atom. The second-order valence-electron chi connectivity index (χ2n) is 8.46. The summed E-state index contributed by atoms with van der Waals surface area (Å²) in [6.07, 6.45) is 0.888. The SMILES string of the molecule is C[C@H](CO)NC(=O)CNC(=O)C1CC(c2c(-c3ccc(F)cc3)[nH]c3c(F)cc(F)cc23)C1. The zero-order valence-corrected chi connectivity index (χ0v) is 17.9. The Morgan fingerprint density at radius 2 is 1.82 bits per heavy atom. The summed E-state index contributed by atoms with van der Waals surface area (Å²) in [7, 11) is 0. The standard InChI is InChI=1S/C24H24F3N3O3/c1-12(11-31)29-20(32)10-28-24(33)15-6-14(7-15)21-18-8-17(26)9-19(27)23(18)30-22(21)13-2-4-16(25)5-3-13/h2-5,8-9,12,14-15,30-31H,6-7,10-11H2,1H3,(H,28,33)(H,29,32)/t12-,14?,15?/m1/s1. The van der Waals surface area contributed by atoms with Crippen molar-refractivity contribution in [1.29, 1.82) is 0 Å². The third kappa shape index (κ3) is 4.73. The highest BCUT2D eigenvalue weighted by atomic mass is 19.1. The molecule has 0 radical (unpaired) electrons. The number of aromatic nitrogens is 1. The summed E-state index contributed by atoms with van der Waals surface area (Å²) >= 11 is 0. The average molecular weight is 459 g/mol. The molecule has 0 unspecified atom stereocenters. The van der Waals surface area contributed by atoms with Crippen molar-refractivity contribution in [3.8, 4) is 11.3 Å². The largest absolute Gasteiger partial charge is 0.394 e. The van der Waals surface area contributed by atoms with Crippen molar-refractivity contribution in [1.82, 2.24) is 15.6 Å².